The molecule has 21 heavy (non-hydrogen) atoms. The van der Waals surface area contributed by atoms with Gasteiger partial charge < -0.3 is 15.1 Å². The monoisotopic (exact) mass is 309 g/mol. The van der Waals surface area contributed by atoms with Crippen LogP contribution in [0.15, 0.2) is 29.2 Å². The molecule has 0 spiro atoms. The van der Waals surface area contributed by atoms with Gasteiger partial charge in [-0.2, -0.15) is 0 Å². The highest BCUT2D eigenvalue weighted by molar-refractivity contribution is 7.98. The van der Waals surface area contributed by atoms with Crippen LogP contribution in [0.4, 0.5) is 0 Å². The van der Waals surface area contributed by atoms with Gasteiger partial charge in [0.05, 0.1) is 18.6 Å². The van der Waals surface area contributed by atoms with E-state index >= 15 is 0 Å². The molecule has 1 aromatic rings. The number of hydrogen-bond acceptors (Lipinski definition) is 4. The maximum absolute atomic E-state index is 12.4. The number of aliphatic hydroxyl groups is 2. The quantitative estimate of drug-likeness (QED) is 0.831. The van der Waals surface area contributed by atoms with E-state index in [1.165, 1.54) is 4.90 Å². The summed E-state index contributed by atoms with van der Waals surface area (Å²) < 4.78 is 0. The molecule has 1 fully saturated rings. The number of hydrogen-bond donors (Lipinski definition) is 2. The molecule has 116 valence electrons. The van der Waals surface area contributed by atoms with E-state index in [2.05, 4.69) is 0 Å². The van der Waals surface area contributed by atoms with E-state index in [1.807, 2.05) is 30.5 Å². The summed E-state index contributed by atoms with van der Waals surface area (Å²) in [5, 5.41) is 19.3. The van der Waals surface area contributed by atoms with E-state index in [0.717, 1.165) is 12.0 Å². The van der Waals surface area contributed by atoms with E-state index in [-0.39, 0.29) is 12.5 Å². The molecule has 2 rings (SSSR count). The van der Waals surface area contributed by atoms with Crippen molar-refractivity contribution in [3.63, 3.8) is 0 Å². The van der Waals surface area contributed by atoms with E-state index in [9.17, 15) is 15.0 Å². The first-order chi connectivity index (χ1) is 10.1. The van der Waals surface area contributed by atoms with Crippen LogP contribution in [0.2, 0.25) is 0 Å². The summed E-state index contributed by atoms with van der Waals surface area (Å²) in [6, 6.07) is 8.04. The Balaban J connectivity index is 1.93. The topological polar surface area (TPSA) is 60.8 Å². The van der Waals surface area contributed by atoms with Crippen LogP contribution in [-0.2, 0) is 11.2 Å². The molecular formula is C16H23NO3S. The van der Waals surface area contributed by atoms with Crippen molar-refractivity contribution in [3.8, 4) is 0 Å². The molecule has 0 bridgehead atoms. The highest BCUT2D eigenvalue weighted by atomic mass is 32.2. The van der Waals surface area contributed by atoms with Gasteiger partial charge in [0, 0.05) is 18.0 Å². The van der Waals surface area contributed by atoms with Gasteiger partial charge in [-0.05, 0) is 43.2 Å². The molecule has 1 amide bonds. The zero-order valence-electron chi connectivity index (χ0n) is 12.4. The van der Waals surface area contributed by atoms with Crippen LogP contribution in [0.5, 0.6) is 0 Å². The van der Waals surface area contributed by atoms with Gasteiger partial charge >= 0.3 is 0 Å². The number of thioether (sulfide) groups is 1. The Bertz CT molecular complexity index is 477. The minimum absolute atomic E-state index is 0.0918. The second-order valence-corrected chi connectivity index (χ2v) is 6.52. The molecular weight excluding hydrogens is 286 g/mol. The van der Waals surface area contributed by atoms with Crippen LogP contribution in [0.3, 0.4) is 0 Å². The highest BCUT2D eigenvalue weighted by Gasteiger charge is 2.30. The van der Waals surface area contributed by atoms with Crippen molar-refractivity contribution in [2.45, 2.75) is 36.2 Å². The number of nitrogens with zero attached hydrogens (tertiary/aromatic N) is 1. The number of likely N-dealkylation sites (tertiary alicyclic amines) is 1. The van der Waals surface area contributed by atoms with Gasteiger partial charge in [-0.3, -0.25) is 4.79 Å². The number of aliphatic hydroxyl groups excluding tert-OH is 1. The van der Waals surface area contributed by atoms with E-state index in [1.54, 1.807) is 16.7 Å². The average molecular weight is 309 g/mol. The van der Waals surface area contributed by atoms with Crippen molar-refractivity contribution < 1.29 is 15.0 Å². The lowest BCUT2D eigenvalue weighted by Gasteiger charge is -2.24. The summed E-state index contributed by atoms with van der Waals surface area (Å²) in [6.45, 7) is 0.938. The Hall–Kier alpha value is -1.04. The predicted molar refractivity (Wildman–Crippen MR) is 84.4 cm³/mol. The van der Waals surface area contributed by atoms with Crippen molar-refractivity contribution in [2.75, 3.05) is 26.0 Å². The van der Waals surface area contributed by atoms with Gasteiger partial charge in [0.2, 0.25) is 5.91 Å². The maximum atomic E-state index is 12.4. The van der Waals surface area contributed by atoms with Crippen molar-refractivity contribution >= 4 is 17.7 Å². The molecule has 5 heteroatoms. The Kier molecular flexibility index (Phi) is 5.67. The van der Waals surface area contributed by atoms with Gasteiger partial charge in [-0.25, -0.2) is 0 Å². The van der Waals surface area contributed by atoms with Crippen LogP contribution in [0, 0.1) is 0 Å². The first kappa shape index (κ1) is 16.3. The molecule has 1 heterocycles. The van der Waals surface area contributed by atoms with Gasteiger partial charge in [-0.15, -0.1) is 11.8 Å². The summed E-state index contributed by atoms with van der Waals surface area (Å²) in [4.78, 5) is 15.3. The van der Waals surface area contributed by atoms with Crippen LogP contribution >= 0.6 is 11.8 Å². The molecule has 1 saturated heterocycles. The minimum atomic E-state index is -1.02. The second-order valence-electron chi connectivity index (χ2n) is 5.64. The summed E-state index contributed by atoms with van der Waals surface area (Å²) >= 11 is 1.68. The number of carbonyl (C=O) groups is 1. The molecule has 1 aliphatic heterocycles. The van der Waals surface area contributed by atoms with Gasteiger partial charge in [0.15, 0.2) is 0 Å². The molecule has 0 radical (unpaired) electrons. The molecule has 0 unspecified atom stereocenters. The average Bonchev–Trinajstić information content (AvgIpc) is 2.71. The van der Waals surface area contributed by atoms with E-state index in [4.69, 9.17) is 0 Å². The fraction of sp³-hybridized carbons (Fsp3) is 0.562. The number of rotatable bonds is 4. The molecule has 0 saturated carbocycles. The highest BCUT2D eigenvalue weighted by Crippen LogP contribution is 2.22. The van der Waals surface area contributed by atoms with Crippen LogP contribution in [0.25, 0.3) is 0 Å². The Labute approximate surface area is 130 Å². The Morgan fingerprint density at radius 3 is 2.62 bits per heavy atom. The fourth-order valence-corrected chi connectivity index (χ4v) is 3.02. The van der Waals surface area contributed by atoms with E-state index in [0.29, 0.717) is 32.4 Å². The van der Waals surface area contributed by atoms with Crippen molar-refractivity contribution in [3.05, 3.63) is 29.8 Å². The van der Waals surface area contributed by atoms with Crippen molar-refractivity contribution in [2.24, 2.45) is 0 Å². The molecule has 0 aliphatic carbocycles. The zero-order valence-corrected chi connectivity index (χ0v) is 13.2. The number of benzene rings is 1. The summed E-state index contributed by atoms with van der Waals surface area (Å²) in [5.74, 6) is 0.0918. The summed E-state index contributed by atoms with van der Waals surface area (Å²) in [6.07, 6.45) is 4.15. The van der Waals surface area contributed by atoms with Crippen LogP contribution in [-0.4, -0.2) is 52.6 Å². The SMILES string of the molecule is CSc1ccc(CC(=O)N2CCC[C@](O)(CO)CC2)cc1. The van der Waals surface area contributed by atoms with Crippen LogP contribution < -0.4 is 0 Å². The molecule has 1 atom stereocenters. The predicted octanol–water partition coefficient (Wildman–Crippen LogP) is 1.69. The molecule has 1 aliphatic rings. The van der Waals surface area contributed by atoms with Gasteiger partial charge in [0.25, 0.3) is 0 Å². The third-order valence-electron chi connectivity index (χ3n) is 4.08. The summed E-state index contributed by atoms with van der Waals surface area (Å²) in [5.41, 5.74) is -0.00543. The molecule has 1 aromatic carbocycles. The first-order valence-corrected chi connectivity index (χ1v) is 8.53. The molecule has 2 N–H and O–H groups in total. The van der Waals surface area contributed by atoms with Gasteiger partial charge in [-0.1, -0.05) is 12.1 Å². The first-order valence-electron chi connectivity index (χ1n) is 7.30. The fourth-order valence-electron chi connectivity index (χ4n) is 2.62. The lowest BCUT2D eigenvalue weighted by atomic mass is 9.96. The lowest BCUT2D eigenvalue weighted by molar-refractivity contribution is -0.130. The minimum Gasteiger partial charge on any atom is -0.393 e. The lowest BCUT2D eigenvalue weighted by Crippen LogP contribution is -2.37. The Morgan fingerprint density at radius 1 is 1.29 bits per heavy atom. The standard InChI is InChI=1S/C16H23NO3S/c1-21-14-5-3-13(4-6-14)11-15(19)17-9-2-7-16(20,12-18)8-10-17/h3-6,18,20H,2,7-12H2,1H3/t16-/m1/s1. The third-order valence-corrected chi connectivity index (χ3v) is 4.82. The second kappa shape index (κ2) is 7.29. The normalized spacial score (nSPS) is 22.9. The zero-order chi connectivity index (χ0) is 15.3. The number of carbonyl (C=O) groups excluding carboxylic acids is 1. The van der Waals surface area contributed by atoms with Crippen LogP contribution in [0.1, 0.15) is 24.8 Å². The molecule has 0 aromatic heterocycles. The smallest absolute Gasteiger partial charge is 0.226 e. The summed E-state index contributed by atoms with van der Waals surface area (Å²) in [7, 11) is 0. The van der Waals surface area contributed by atoms with Gasteiger partial charge in [0.1, 0.15) is 0 Å². The van der Waals surface area contributed by atoms with Crippen molar-refractivity contribution in [1.29, 1.82) is 0 Å². The van der Waals surface area contributed by atoms with E-state index < -0.39 is 5.60 Å². The number of amides is 1. The maximum Gasteiger partial charge on any atom is 0.226 e. The largest absolute Gasteiger partial charge is 0.393 e. The Morgan fingerprint density at radius 2 is 2.00 bits per heavy atom. The third kappa shape index (κ3) is 4.46. The van der Waals surface area contributed by atoms with Crippen molar-refractivity contribution in [1.82, 2.24) is 4.90 Å². The molecule has 4 nitrogen and oxygen atoms in total.